The molecule has 4 heteroatoms. The van der Waals surface area contributed by atoms with Gasteiger partial charge in [0.05, 0.1) is 12.3 Å². The maximum Gasteiger partial charge on any atom is 0.119 e. The molecule has 0 radical (unpaired) electrons. The molecule has 5 rings (SSSR count). The molecule has 0 bridgehead atoms. The number of allylic oxidation sites excluding steroid dienone is 1. The highest BCUT2D eigenvalue weighted by atomic mass is 32.2. The molecule has 0 spiro atoms. The summed E-state index contributed by atoms with van der Waals surface area (Å²) in [6, 6.07) is 31.2. The lowest BCUT2D eigenvalue weighted by molar-refractivity contribution is 0.305. The highest BCUT2D eigenvalue weighted by Gasteiger charge is 2.20. The van der Waals surface area contributed by atoms with E-state index in [1.807, 2.05) is 36.2 Å². The summed E-state index contributed by atoms with van der Waals surface area (Å²) in [5.41, 5.74) is 8.69. The van der Waals surface area contributed by atoms with E-state index >= 15 is 0 Å². The minimum atomic E-state index is 0.336. The summed E-state index contributed by atoms with van der Waals surface area (Å²) < 4.78 is 6.09. The van der Waals surface area contributed by atoms with E-state index in [0.29, 0.717) is 5.75 Å². The Morgan fingerprint density at radius 3 is 2.41 bits per heavy atom. The number of aromatic nitrogens is 1. The average Bonchev–Trinajstić information content (AvgIpc) is 3.17. The predicted molar refractivity (Wildman–Crippen MR) is 164 cm³/mol. The van der Waals surface area contributed by atoms with Crippen molar-refractivity contribution in [3.05, 3.63) is 125 Å². The first-order chi connectivity index (χ1) is 19.3. The molecule has 39 heavy (non-hydrogen) atoms. The molecule has 0 saturated heterocycles. The molecule has 1 aliphatic carbocycles. The van der Waals surface area contributed by atoms with Crippen LogP contribution in [0.4, 0.5) is 0 Å². The number of ether oxygens (including phenoxy) is 1. The van der Waals surface area contributed by atoms with Crippen LogP contribution in [0.5, 0.6) is 11.5 Å². The maximum atomic E-state index is 10.1. The highest BCUT2D eigenvalue weighted by Crippen LogP contribution is 2.41. The van der Waals surface area contributed by atoms with E-state index in [0.717, 1.165) is 49.5 Å². The van der Waals surface area contributed by atoms with E-state index < -0.39 is 0 Å². The summed E-state index contributed by atoms with van der Waals surface area (Å²) in [5, 5.41) is 10.1. The van der Waals surface area contributed by atoms with Crippen LogP contribution in [0.1, 0.15) is 66.5 Å². The van der Waals surface area contributed by atoms with Crippen LogP contribution in [0, 0.1) is 0 Å². The highest BCUT2D eigenvalue weighted by molar-refractivity contribution is 7.98. The van der Waals surface area contributed by atoms with Crippen molar-refractivity contribution in [1.29, 1.82) is 0 Å². The number of fused-ring (bicyclic) bond motifs is 1. The van der Waals surface area contributed by atoms with E-state index in [1.54, 1.807) is 0 Å². The fraction of sp³-hybridized carbons (Fsp3) is 0.286. The van der Waals surface area contributed by atoms with Gasteiger partial charge in [0.25, 0.3) is 0 Å². The van der Waals surface area contributed by atoms with E-state index in [1.165, 1.54) is 58.4 Å². The van der Waals surface area contributed by atoms with Crippen molar-refractivity contribution in [3.63, 3.8) is 0 Å². The third-order valence-corrected chi connectivity index (χ3v) is 8.30. The standard InChI is InChI=1S/C35H37NO2S/c37-31-18-21-34-29(25-31)13-10-15-33(27-11-4-3-5-12-27)35(34)28-16-19-32(20-17-28)38-23-8-1-2-9-24-39-26-30-14-6-7-22-36-30/h3-7,11-12,14,16-22,25,37H,1-2,8-10,13,15,23-24,26H2. The summed E-state index contributed by atoms with van der Waals surface area (Å²) in [5.74, 6) is 3.44. The first-order valence-corrected chi connectivity index (χ1v) is 15.2. The van der Waals surface area contributed by atoms with Crippen LogP contribution in [0.2, 0.25) is 0 Å². The van der Waals surface area contributed by atoms with E-state index in [4.69, 9.17) is 4.74 Å². The molecule has 0 amide bonds. The second kappa shape index (κ2) is 14.0. The van der Waals surface area contributed by atoms with Crippen molar-refractivity contribution in [3.8, 4) is 11.5 Å². The fourth-order valence-electron chi connectivity index (χ4n) is 5.26. The van der Waals surface area contributed by atoms with Crippen LogP contribution in [0.3, 0.4) is 0 Å². The molecule has 0 fully saturated rings. The first-order valence-electron chi connectivity index (χ1n) is 14.1. The number of hydrogen-bond acceptors (Lipinski definition) is 4. The second-order valence-corrected chi connectivity index (χ2v) is 11.2. The number of benzene rings is 3. The Hall–Kier alpha value is -3.50. The van der Waals surface area contributed by atoms with Crippen molar-refractivity contribution in [2.75, 3.05) is 12.4 Å². The van der Waals surface area contributed by atoms with Crippen LogP contribution in [0.15, 0.2) is 97.2 Å². The SMILES string of the molecule is Oc1ccc2c(c1)CCCC(c1ccccc1)=C2c1ccc(OCCCCCCSCc2ccccn2)cc1. The number of phenolic OH excluding ortho intramolecular Hbond substituents is 1. The van der Waals surface area contributed by atoms with Gasteiger partial charge in [-0.2, -0.15) is 11.8 Å². The minimum absolute atomic E-state index is 0.336. The van der Waals surface area contributed by atoms with Gasteiger partial charge in [0.15, 0.2) is 0 Å². The molecule has 1 heterocycles. The summed E-state index contributed by atoms with van der Waals surface area (Å²) in [6.45, 7) is 0.750. The monoisotopic (exact) mass is 535 g/mol. The number of aryl methyl sites for hydroxylation is 1. The number of phenols is 1. The van der Waals surface area contributed by atoms with Crippen molar-refractivity contribution in [1.82, 2.24) is 4.98 Å². The Kier molecular flexibility index (Phi) is 9.75. The normalized spacial score (nSPS) is 13.1. The van der Waals surface area contributed by atoms with Crippen LogP contribution in [-0.4, -0.2) is 22.5 Å². The number of rotatable bonds is 12. The van der Waals surface area contributed by atoms with Crippen LogP contribution in [-0.2, 0) is 12.2 Å². The summed E-state index contributed by atoms with van der Waals surface area (Å²) in [7, 11) is 0. The Morgan fingerprint density at radius 1 is 0.769 bits per heavy atom. The van der Waals surface area contributed by atoms with E-state index in [2.05, 4.69) is 77.8 Å². The quantitative estimate of drug-likeness (QED) is 0.184. The molecule has 0 unspecified atom stereocenters. The first kappa shape index (κ1) is 27.1. The number of unbranched alkanes of at least 4 members (excludes halogenated alkanes) is 3. The summed E-state index contributed by atoms with van der Waals surface area (Å²) >= 11 is 1.97. The molecule has 0 saturated carbocycles. The zero-order valence-corrected chi connectivity index (χ0v) is 23.3. The second-order valence-electron chi connectivity index (χ2n) is 10.1. The van der Waals surface area contributed by atoms with Gasteiger partial charge in [-0.15, -0.1) is 0 Å². The van der Waals surface area contributed by atoms with Gasteiger partial charge in [0.1, 0.15) is 11.5 Å². The largest absolute Gasteiger partial charge is 0.508 e. The lowest BCUT2D eigenvalue weighted by Crippen LogP contribution is -1.99. The third-order valence-electron chi connectivity index (χ3n) is 7.23. The molecule has 3 nitrogen and oxygen atoms in total. The Labute approximate surface area is 237 Å². The summed E-state index contributed by atoms with van der Waals surface area (Å²) in [4.78, 5) is 4.38. The van der Waals surface area contributed by atoms with Crippen molar-refractivity contribution < 1.29 is 9.84 Å². The Balaban J connectivity index is 1.17. The van der Waals surface area contributed by atoms with Crippen molar-refractivity contribution in [2.45, 2.75) is 50.7 Å². The van der Waals surface area contributed by atoms with Crippen molar-refractivity contribution in [2.24, 2.45) is 0 Å². The van der Waals surface area contributed by atoms with Gasteiger partial charge in [-0.05, 0) is 108 Å². The zero-order chi connectivity index (χ0) is 26.7. The third kappa shape index (κ3) is 7.54. The van der Waals surface area contributed by atoms with Crippen LogP contribution >= 0.6 is 11.8 Å². The van der Waals surface area contributed by atoms with Gasteiger partial charge in [0, 0.05) is 11.9 Å². The number of hydrogen-bond donors (Lipinski definition) is 1. The van der Waals surface area contributed by atoms with Crippen LogP contribution < -0.4 is 4.74 Å². The molecular weight excluding hydrogens is 498 g/mol. The topological polar surface area (TPSA) is 42.4 Å². The van der Waals surface area contributed by atoms with Gasteiger partial charge in [-0.1, -0.05) is 67.4 Å². The number of pyridine rings is 1. The molecular formula is C35H37NO2S. The number of aromatic hydroxyl groups is 1. The van der Waals surface area contributed by atoms with Gasteiger partial charge in [-0.3, -0.25) is 4.98 Å². The number of nitrogens with zero attached hydrogens (tertiary/aromatic N) is 1. The molecule has 1 aromatic heterocycles. The summed E-state index contributed by atoms with van der Waals surface area (Å²) in [6.07, 6.45) is 9.65. The van der Waals surface area contributed by atoms with Crippen LogP contribution in [0.25, 0.3) is 11.1 Å². The number of thioether (sulfide) groups is 1. The predicted octanol–water partition coefficient (Wildman–Crippen LogP) is 8.96. The van der Waals surface area contributed by atoms with Crippen molar-refractivity contribution >= 4 is 22.9 Å². The smallest absolute Gasteiger partial charge is 0.119 e. The molecule has 1 aliphatic rings. The molecule has 200 valence electrons. The fourth-order valence-corrected chi connectivity index (χ4v) is 6.19. The van der Waals surface area contributed by atoms with Gasteiger partial charge >= 0.3 is 0 Å². The maximum absolute atomic E-state index is 10.1. The molecule has 3 aromatic carbocycles. The minimum Gasteiger partial charge on any atom is -0.508 e. The van der Waals surface area contributed by atoms with E-state index in [9.17, 15) is 5.11 Å². The average molecular weight is 536 g/mol. The zero-order valence-electron chi connectivity index (χ0n) is 22.5. The lowest BCUT2D eigenvalue weighted by atomic mass is 9.88. The van der Waals surface area contributed by atoms with Gasteiger partial charge < -0.3 is 9.84 Å². The van der Waals surface area contributed by atoms with Gasteiger partial charge in [0.2, 0.25) is 0 Å². The Bertz CT molecular complexity index is 1350. The molecule has 4 aromatic rings. The molecule has 0 atom stereocenters. The Morgan fingerprint density at radius 2 is 1.59 bits per heavy atom. The lowest BCUT2D eigenvalue weighted by Gasteiger charge is -2.17. The van der Waals surface area contributed by atoms with E-state index in [-0.39, 0.29) is 0 Å². The van der Waals surface area contributed by atoms with Gasteiger partial charge in [-0.25, -0.2) is 0 Å². The molecule has 1 N–H and O–H groups in total. The molecule has 0 aliphatic heterocycles.